The van der Waals surface area contributed by atoms with Gasteiger partial charge in [-0.3, -0.25) is 9.59 Å². The van der Waals surface area contributed by atoms with E-state index in [1.54, 1.807) is 6.92 Å². The summed E-state index contributed by atoms with van der Waals surface area (Å²) in [4.78, 5) is 34.8. The molecule has 1 aliphatic carbocycles. The molecule has 5 nitrogen and oxygen atoms in total. The van der Waals surface area contributed by atoms with Crippen LogP contribution in [0.25, 0.3) is 0 Å². The van der Waals surface area contributed by atoms with Crippen LogP contribution in [0.1, 0.15) is 25.3 Å². The van der Waals surface area contributed by atoms with Crippen molar-refractivity contribution in [1.82, 2.24) is 5.32 Å². The minimum Gasteiger partial charge on any atom is -0.460 e. The molecular weight excluding hydrogens is 258 g/mol. The van der Waals surface area contributed by atoms with Crippen LogP contribution >= 0.6 is 0 Å². The van der Waals surface area contributed by atoms with Crippen LogP contribution in [0, 0.1) is 0 Å². The lowest BCUT2D eigenvalue weighted by Gasteiger charge is -2.15. The summed E-state index contributed by atoms with van der Waals surface area (Å²) in [5.74, 6) is -1.84. The lowest BCUT2D eigenvalue weighted by atomic mass is 9.95. The molecule has 0 heterocycles. The Kier molecular flexibility index (Phi) is 4.17. The van der Waals surface area contributed by atoms with Crippen molar-refractivity contribution in [1.29, 1.82) is 0 Å². The summed E-state index contributed by atoms with van der Waals surface area (Å²) >= 11 is 0. The van der Waals surface area contributed by atoms with E-state index in [2.05, 4.69) is 10.1 Å². The third kappa shape index (κ3) is 2.87. The van der Waals surface area contributed by atoms with Gasteiger partial charge in [0.15, 0.2) is 0 Å². The quantitative estimate of drug-likeness (QED) is 0.620. The van der Waals surface area contributed by atoms with Crippen molar-refractivity contribution in [3.8, 4) is 0 Å². The molecule has 0 aromatic heterocycles. The Hall–Kier alpha value is -2.17. The van der Waals surface area contributed by atoms with E-state index in [9.17, 15) is 14.4 Å². The molecule has 1 N–H and O–H groups in total. The topological polar surface area (TPSA) is 72.5 Å². The number of carbonyl (C=O) groups is 3. The molecule has 1 aromatic carbocycles. The number of hydrogen-bond acceptors (Lipinski definition) is 4. The van der Waals surface area contributed by atoms with Gasteiger partial charge in [0, 0.05) is 0 Å². The fraction of sp³-hybridized carbons (Fsp3) is 0.400. The highest BCUT2D eigenvalue weighted by molar-refractivity contribution is 6.34. The molecule has 0 aliphatic heterocycles. The molecule has 1 aliphatic rings. The summed E-state index contributed by atoms with van der Waals surface area (Å²) in [7, 11) is 0. The fourth-order valence-electron chi connectivity index (χ4n) is 2.14. The molecule has 20 heavy (non-hydrogen) atoms. The SMILES string of the molecule is CCOC(=O)C(=O)CNC(=O)C1(c2ccccc2)CC1. The standard InChI is InChI=1S/C15H17NO4/c1-2-20-13(18)12(17)10-16-14(19)15(8-9-15)11-6-4-3-5-7-11/h3-7H,2,8-10H2,1H3,(H,16,19). The van der Waals surface area contributed by atoms with Crippen LogP contribution in [-0.4, -0.2) is 30.8 Å². The number of esters is 1. The van der Waals surface area contributed by atoms with E-state index in [4.69, 9.17) is 0 Å². The van der Waals surface area contributed by atoms with Gasteiger partial charge in [-0.25, -0.2) is 4.79 Å². The average molecular weight is 275 g/mol. The fourth-order valence-corrected chi connectivity index (χ4v) is 2.14. The Bertz CT molecular complexity index is 520. The highest BCUT2D eigenvalue weighted by atomic mass is 16.5. The molecule has 5 heteroatoms. The number of nitrogens with one attached hydrogen (secondary N) is 1. The molecule has 0 bridgehead atoms. The van der Waals surface area contributed by atoms with Gasteiger partial charge in [0.1, 0.15) is 0 Å². The predicted octanol–water partition coefficient (Wildman–Crippen LogP) is 0.967. The van der Waals surface area contributed by atoms with E-state index in [-0.39, 0.29) is 19.1 Å². The third-order valence-corrected chi connectivity index (χ3v) is 3.42. The first-order valence-corrected chi connectivity index (χ1v) is 6.64. The van der Waals surface area contributed by atoms with E-state index in [0.717, 1.165) is 18.4 Å². The van der Waals surface area contributed by atoms with E-state index < -0.39 is 17.2 Å². The zero-order valence-electron chi connectivity index (χ0n) is 11.3. The first-order valence-electron chi connectivity index (χ1n) is 6.64. The van der Waals surface area contributed by atoms with Crippen LogP contribution in [0.5, 0.6) is 0 Å². The number of rotatable bonds is 6. The molecule has 0 unspecified atom stereocenters. The summed E-state index contributed by atoms with van der Waals surface area (Å²) in [6.45, 7) is 1.46. The molecule has 2 rings (SSSR count). The number of carbonyl (C=O) groups excluding carboxylic acids is 3. The molecule has 1 aromatic rings. The second-order valence-electron chi connectivity index (χ2n) is 4.77. The monoisotopic (exact) mass is 275 g/mol. The highest BCUT2D eigenvalue weighted by Crippen LogP contribution is 2.48. The Balaban J connectivity index is 1.93. The Labute approximate surface area is 117 Å². The molecule has 0 radical (unpaired) electrons. The third-order valence-electron chi connectivity index (χ3n) is 3.42. The number of ketones is 1. The van der Waals surface area contributed by atoms with Crippen LogP contribution in [-0.2, 0) is 24.5 Å². The first-order chi connectivity index (χ1) is 9.60. The molecule has 106 valence electrons. The number of ether oxygens (including phenoxy) is 1. The molecule has 0 saturated heterocycles. The van der Waals surface area contributed by atoms with Crippen molar-refractivity contribution in [3.63, 3.8) is 0 Å². The largest absolute Gasteiger partial charge is 0.460 e. The lowest BCUT2D eigenvalue weighted by Crippen LogP contribution is -2.40. The molecule has 0 spiro atoms. The van der Waals surface area contributed by atoms with Crippen molar-refractivity contribution < 1.29 is 19.1 Å². The van der Waals surface area contributed by atoms with Crippen LogP contribution in [0.4, 0.5) is 0 Å². The lowest BCUT2D eigenvalue weighted by molar-refractivity contribution is -0.153. The zero-order chi connectivity index (χ0) is 14.6. The maximum Gasteiger partial charge on any atom is 0.376 e. The molecular formula is C15H17NO4. The maximum absolute atomic E-state index is 12.2. The molecule has 1 amide bonds. The molecule has 1 fully saturated rings. The smallest absolute Gasteiger partial charge is 0.376 e. The van der Waals surface area contributed by atoms with E-state index in [0.29, 0.717) is 0 Å². The van der Waals surface area contributed by atoms with Crippen molar-refractivity contribution in [2.24, 2.45) is 0 Å². The van der Waals surface area contributed by atoms with E-state index in [1.165, 1.54) is 0 Å². The normalized spacial score (nSPS) is 15.2. The summed E-state index contributed by atoms with van der Waals surface area (Å²) in [6.07, 6.45) is 1.52. The van der Waals surface area contributed by atoms with E-state index in [1.807, 2.05) is 30.3 Å². The van der Waals surface area contributed by atoms with Crippen LogP contribution in [0.2, 0.25) is 0 Å². The van der Waals surface area contributed by atoms with Gasteiger partial charge >= 0.3 is 5.97 Å². The molecule has 1 saturated carbocycles. The van der Waals surface area contributed by atoms with Gasteiger partial charge < -0.3 is 10.1 Å². The minimum atomic E-state index is -0.905. The second kappa shape index (κ2) is 5.86. The van der Waals surface area contributed by atoms with Gasteiger partial charge in [0.25, 0.3) is 5.78 Å². The minimum absolute atomic E-state index is 0.145. The van der Waals surface area contributed by atoms with Gasteiger partial charge in [-0.1, -0.05) is 30.3 Å². The van der Waals surface area contributed by atoms with Crippen LogP contribution < -0.4 is 5.32 Å². The van der Waals surface area contributed by atoms with Gasteiger partial charge in [0.05, 0.1) is 18.6 Å². The Morgan fingerprint density at radius 2 is 1.85 bits per heavy atom. The van der Waals surface area contributed by atoms with Crippen LogP contribution in [0.15, 0.2) is 30.3 Å². The predicted molar refractivity (Wildman–Crippen MR) is 72.0 cm³/mol. The second-order valence-corrected chi connectivity index (χ2v) is 4.77. The molecule has 0 atom stereocenters. The van der Waals surface area contributed by atoms with Gasteiger partial charge in [-0.15, -0.1) is 0 Å². The number of Topliss-reactive ketones (excluding diaryl/α,β-unsaturated/α-hetero) is 1. The van der Waals surface area contributed by atoms with Crippen molar-refractivity contribution in [2.45, 2.75) is 25.2 Å². The maximum atomic E-state index is 12.2. The average Bonchev–Trinajstić information content (AvgIpc) is 3.27. The number of amides is 1. The summed E-state index contributed by atoms with van der Waals surface area (Å²) < 4.78 is 4.58. The van der Waals surface area contributed by atoms with Crippen molar-refractivity contribution >= 4 is 17.7 Å². The summed E-state index contributed by atoms with van der Waals surface area (Å²) in [6, 6.07) is 9.46. The van der Waals surface area contributed by atoms with Crippen molar-refractivity contribution in [2.75, 3.05) is 13.2 Å². The van der Waals surface area contributed by atoms with E-state index >= 15 is 0 Å². The number of hydrogen-bond donors (Lipinski definition) is 1. The van der Waals surface area contributed by atoms with Crippen molar-refractivity contribution in [3.05, 3.63) is 35.9 Å². The highest BCUT2D eigenvalue weighted by Gasteiger charge is 2.51. The van der Waals surface area contributed by atoms with Gasteiger partial charge in [-0.2, -0.15) is 0 Å². The Morgan fingerprint density at radius 1 is 1.20 bits per heavy atom. The summed E-state index contributed by atoms with van der Waals surface area (Å²) in [5, 5.41) is 2.53. The van der Waals surface area contributed by atoms with Gasteiger partial charge in [-0.05, 0) is 25.3 Å². The zero-order valence-corrected chi connectivity index (χ0v) is 11.3. The van der Waals surface area contributed by atoms with Gasteiger partial charge in [0.2, 0.25) is 5.91 Å². The first kappa shape index (κ1) is 14.2. The number of benzene rings is 1. The Morgan fingerprint density at radius 3 is 2.40 bits per heavy atom. The summed E-state index contributed by atoms with van der Waals surface area (Å²) in [5.41, 5.74) is 0.414. The van der Waals surface area contributed by atoms with Crippen LogP contribution in [0.3, 0.4) is 0 Å².